The fourth-order valence-corrected chi connectivity index (χ4v) is 2.79. The summed E-state index contributed by atoms with van der Waals surface area (Å²) in [4.78, 5) is 24.9. The molecule has 0 fully saturated rings. The molecular formula is C18H21FN2O4. The van der Waals surface area contributed by atoms with Gasteiger partial charge in [0.15, 0.2) is 0 Å². The van der Waals surface area contributed by atoms with E-state index in [4.69, 9.17) is 15.2 Å². The Morgan fingerprint density at radius 2 is 1.68 bits per heavy atom. The summed E-state index contributed by atoms with van der Waals surface area (Å²) < 4.78 is 24.6. The molecule has 1 atom stereocenters. The highest BCUT2D eigenvalue weighted by Crippen LogP contribution is 2.39. The van der Waals surface area contributed by atoms with Crippen LogP contribution in [0, 0.1) is 5.82 Å². The molecule has 0 amide bonds. The van der Waals surface area contributed by atoms with Crippen molar-refractivity contribution in [3.63, 3.8) is 0 Å². The Hall–Kier alpha value is -2.83. The molecular weight excluding hydrogens is 327 g/mol. The monoisotopic (exact) mass is 348 g/mol. The number of nitrogens with two attached hydrogens (primary N) is 1. The predicted molar refractivity (Wildman–Crippen MR) is 89.5 cm³/mol. The Morgan fingerprint density at radius 1 is 1.12 bits per heavy atom. The van der Waals surface area contributed by atoms with Crippen molar-refractivity contribution in [3.05, 3.63) is 58.3 Å². The van der Waals surface area contributed by atoms with Crippen molar-refractivity contribution in [1.82, 2.24) is 5.32 Å². The number of ether oxygens (including phenoxy) is 2. The lowest BCUT2D eigenvalue weighted by Gasteiger charge is -2.30. The minimum absolute atomic E-state index is 0.0133. The number of carbonyl (C=O) groups is 2. The minimum atomic E-state index is -1.01. The molecule has 0 unspecified atom stereocenters. The number of benzene rings is 1. The number of hydrogen-bond acceptors (Lipinski definition) is 6. The molecule has 0 spiro atoms. The number of carbonyl (C=O) groups excluding carboxylic acids is 2. The van der Waals surface area contributed by atoms with Crippen LogP contribution in [0.3, 0.4) is 0 Å². The van der Waals surface area contributed by atoms with Crippen molar-refractivity contribution in [3.8, 4) is 0 Å². The Bertz CT molecular complexity index is 715. The lowest BCUT2D eigenvalue weighted by atomic mass is 9.81. The second-order valence-electron chi connectivity index (χ2n) is 5.39. The summed E-state index contributed by atoms with van der Waals surface area (Å²) in [7, 11) is 0. The summed E-state index contributed by atoms with van der Waals surface area (Å²) >= 11 is 0. The largest absolute Gasteiger partial charge is 0.463 e. The highest BCUT2D eigenvalue weighted by atomic mass is 19.1. The van der Waals surface area contributed by atoms with E-state index >= 15 is 0 Å². The lowest BCUT2D eigenvalue weighted by Crippen LogP contribution is -2.36. The first-order chi connectivity index (χ1) is 11.9. The van der Waals surface area contributed by atoms with Crippen LogP contribution in [0.25, 0.3) is 0 Å². The van der Waals surface area contributed by atoms with E-state index in [1.807, 2.05) is 0 Å². The molecule has 0 aliphatic carbocycles. The third-order valence-electron chi connectivity index (χ3n) is 3.80. The topological polar surface area (TPSA) is 90.6 Å². The third kappa shape index (κ3) is 3.65. The van der Waals surface area contributed by atoms with Crippen molar-refractivity contribution >= 4 is 11.9 Å². The molecule has 0 bridgehead atoms. The van der Waals surface area contributed by atoms with Crippen LogP contribution in [0.15, 0.2) is 46.9 Å². The van der Waals surface area contributed by atoms with Gasteiger partial charge in [0.05, 0.1) is 30.3 Å². The number of rotatable bonds is 5. The summed E-state index contributed by atoms with van der Waals surface area (Å²) in [6.45, 7) is 5.20. The van der Waals surface area contributed by atoms with Crippen LogP contribution >= 0.6 is 0 Å². The second kappa shape index (κ2) is 7.83. The van der Waals surface area contributed by atoms with E-state index in [0.717, 1.165) is 0 Å². The van der Waals surface area contributed by atoms with Crippen LogP contribution in [-0.4, -0.2) is 25.2 Å². The Morgan fingerprint density at radius 3 is 2.24 bits per heavy atom. The van der Waals surface area contributed by atoms with Crippen LogP contribution < -0.4 is 11.1 Å². The van der Waals surface area contributed by atoms with Crippen LogP contribution in [0.1, 0.15) is 32.3 Å². The van der Waals surface area contributed by atoms with Gasteiger partial charge in [-0.25, -0.2) is 14.0 Å². The van der Waals surface area contributed by atoms with E-state index in [1.54, 1.807) is 26.8 Å². The van der Waals surface area contributed by atoms with E-state index < -0.39 is 23.7 Å². The number of halogens is 1. The molecule has 0 saturated carbocycles. The number of esters is 2. The summed E-state index contributed by atoms with van der Waals surface area (Å²) in [5, 5.41) is 2.79. The van der Waals surface area contributed by atoms with E-state index in [-0.39, 0.29) is 35.7 Å². The van der Waals surface area contributed by atoms with Crippen molar-refractivity contribution in [2.45, 2.75) is 26.7 Å². The minimum Gasteiger partial charge on any atom is -0.463 e. The number of nitrogens with one attached hydrogen (secondary N) is 1. The Labute approximate surface area is 145 Å². The second-order valence-corrected chi connectivity index (χ2v) is 5.39. The molecule has 1 aliphatic rings. The number of allylic oxidation sites excluding steroid dienone is 1. The lowest BCUT2D eigenvalue weighted by molar-refractivity contribution is -0.139. The van der Waals surface area contributed by atoms with Gasteiger partial charge < -0.3 is 20.5 Å². The van der Waals surface area contributed by atoms with Gasteiger partial charge in [0.25, 0.3) is 0 Å². The predicted octanol–water partition coefficient (Wildman–Crippen LogP) is 2.08. The Balaban J connectivity index is 2.66. The zero-order chi connectivity index (χ0) is 18.6. The maximum Gasteiger partial charge on any atom is 0.338 e. The molecule has 1 aliphatic heterocycles. The van der Waals surface area contributed by atoms with Gasteiger partial charge in [-0.15, -0.1) is 0 Å². The van der Waals surface area contributed by atoms with Crippen LogP contribution in [-0.2, 0) is 19.1 Å². The maximum atomic E-state index is 14.5. The maximum absolute atomic E-state index is 14.5. The standard InChI is InChI=1S/C18H21FN2O4/c1-4-24-17(22)13-10(3)21-16(20)15(18(23)25-5-2)14(13)11-8-6-7-9-12(11)19/h6-9,14,21H,4-5,20H2,1-3H3/t14-/m0/s1. The molecule has 3 N–H and O–H groups in total. The van der Waals surface area contributed by atoms with Crippen LogP contribution in [0.2, 0.25) is 0 Å². The van der Waals surface area contributed by atoms with Gasteiger partial charge in [0.2, 0.25) is 0 Å². The molecule has 0 saturated heterocycles. The fraction of sp³-hybridized carbons (Fsp3) is 0.333. The molecule has 7 heteroatoms. The molecule has 134 valence electrons. The SMILES string of the molecule is CCOC(=O)C1=C(C)NC(N)=C(C(=O)OCC)[C@H]1c1ccccc1F. The van der Waals surface area contributed by atoms with Gasteiger partial charge in [-0.2, -0.15) is 0 Å². The van der Waals surface area contributed by atoms with Crippen LogP contribution in [0.4, 0.5) is 4.39 Å². The average Bonchev–Trinajstić information content (AvgIpc) is 2.54. The smallest absolute Gasteiger partial charge is 0.338 e. The molecule has 2 rings (SSSR count). The molecule has 1 heterocycles. The van der Waals surface area contributed by atoms with Gasteiger partial charge in [-0.05, 0) is 26.8 Å². The molecule has 1 aromatic rings. The molecule has 0 aromatic heterocycles. The summed E-state index contributed by atoms with van der Waals surface area (Å²) in [6, 6.07) is 5.91. The Kier molecular flexibility index (Phi) is 5.80. The van der Waals surface area contributed by atoms with E-state index in [2.05, 4.69) is 5.32 Å². The van der Waals surface area contributed by atoms with Gasteiger partial charge in [-0.1, -0.05) is 18.2 Å². The van der Waals surface area contributed by atoms with E-state index in [0.29, 0.717) is 5.70 Å². The number of dihydropyridines is 1. The first kappa shape index (κ1) is 18.5. The molecule has 1 aromatic carbocycles. The van der Waals surface area contributed by atoms with Gasteiger partial charge in [-0.3, -0.25) is 0 Å². The number of hydrogen-bond donors (Lipinski definition) is 2. The zero-order valence-electron chi connectivity index (χ0n) is 14.4. The summed E-state index contributed by atoms with van der Waals surface area (Å²) in [6.07, 6.45) is 0. The summed E-state index contributed by atoms with van der Waals surface area (Å²) in [5.74, 6) is -2.90. The molecule has 6 nitrogen and oxygen atoms in total. The van der Waals surface area contributed by atoms with Gasteiger partial charge in [0.1, 0.15) is 11.6 Å². The molecule has 25 heavy (non-hydrogen) atoms. The van der Waals surface area contributed by atoms with Gasteiger partial charge in [0, 0.05) is 11.3 Å². The highest BCUT2D eigenvalue weighted by Gasteiger charge is 2.39. The van der Waals surface area contributed by atoms with Crippen molar-refractivity contribution in [2.24, 2.45) is 5.73 Å². The first-order valence-electron chi connectivity index (χ1n) is 7.98. The van der Waals surface area contributed by atoms with Crippen molar-refractivity contribution in [2.75, 3.05) is 13.2 Å². The quantitative estimate of drug-likeness (QED) is 0.792. The molecule has 0 radical (unpaired) electrons. The van der Waals surface area contributed by atoms with Crippen molar-refractivity contribution in [1.29, 1.82) is 0 Å². The van der Waals surface area contributed by atoms with E-state index in [9.17, 15) is 14.0 Å². The summed E-state index contributed by atoms with van der Waals surface area (Å²) in [5.41, 5.74) is 6.64. The fourth-order valence-electron chi connectivity index (χ4n) is 2.79. The zero-order valence-corrected chi connectivity index (χ0v) is 14.4. The third-order valence-corrected chi connectivity index (χ3v) is 3.80. The van der Waals surface area contributed by atoms with Crippen LogP contribution in [0.5, 0.6) is 0 Å². The van der Waals surface area contributed by atoms with Crippen molar-refractivity contribution < 1.29 is 23.5 Å². The average molecular weight is 348 g/mol. The normalized spacial score (nSPS) is 17.2. The van der Waals surface area contributed by atoms with E-state index in [1.165, 1.54) is 18.2 Å². The first-order valence-corrected chi connectivity index (χ1v) is 7.98. The van der Waals surface area contributed by atoms with Gasteiger partial charge >= 0.3 is 11.9 Å². The highest BCUT2D eigenvalue weighted by molar-refractivity contribution is 5.99.